The number of aromatic nitrogens is 1. The molecule has 0 radical (unpaired) electrons. The Kier molecular flexibility index (Phi) is 5.02. The first-order chi connectivity index (χ1) is 10.1. The number of hydrogen-bond acceptors (Lipinski definition) is 3. The molecular formula is C17H24N2O2. The number of carbonyl (C=O) groups is 1. The summed E-state index contributed by atoms with van der Waals surface area (Å²) in [6.45, 7) is 6.82. The summed E-state index contributed by atoms with van der Waals surface area (Å²) in [4.78, 5) is 15.1. The van der Waals surface area contributed by atoms with Gasteiger partial charge in [-0.1, -0.05) is 39.0 Å². The highest BCUT2D eigenvalue weighted by Crippen LogP contribution is 2.22. The Bertz CT molecular complexity index is 616. The lowest BCUT2D eigenvalue weighted by Gasteiger charge is -2.19. The molecule has 0 amide bonds. The number of carbonyl (C=O) groups excluding carboxylic acids is 1. The quantitative estimate of drug-likeness (QED) is 0.803. The van der Waals surface area contributed by atoms with Crippen LogP contribution in [0.5, 0.6) is 0 Å². The summed E-state index contributed by atoms with van der Waals surface area (Å²) in [5.41, 5.74) is 3.68. The van der Waals surface area contributed by atoms with E-state index in [1.807, 2.05) is 20.0 Å². The van der Waals surface area contributed by atoms with Gasteiger partial charge in [0.2, 0.25) is 0 Å². The first kappa shape index (κ1) is 15.6. The zero-order valence-electron chi connectivity index (χ0n) is 13.2. The number of aromatic amines is 1. The Morgan fingerprint density at radius 2 is 2.10 bits per heavy atom. The number of H-pyrrole nitrogens is 1. The number of aryl methyl sites for hydroxylation is 1. The molecule has 0 aliphatic carbocycles. The second kappa shape index (κ2) is 6.76. The summed E-state index contributed by atoms with van der Waals surface area (Å²) in [5, 5.41) is 4.52. The van der Waals surface area contributed by atoms with Crippen molar-refractivity contribution in [2.24, 2.45) is 5.92 Å². The summed E-state index contributed by atoms with van der Waals surface area (Å²) >= 11 is 0. The minimum atomic E-state index is -0.283. The topological polar surface area (TPSA) is 54.1 Å². The molecule has 21 heavy (non-hydrogen) atoms. The molecule has 4 heteroatoms. The number of fused-ring (bicyclic) bond motifs is 1. The van der Waals surface area contributed by atoms with Crippen molar-refractivity contribution >= 4 is 16.9 Å². The van der Waals surface area contributed by atoms with E-state index in [2.05, 4.69) is 35.4 Å². The maximum absolute atomic E-state index is 11.8. The van der Waals surface area contributed by atoms with Crippen LogP contribution in [0.2, 0.25) is 0 Å². The Morgan fingerprint density at radius 1 is 1.33 bits per heavy atom. The maximum atomic E-state index is 11.8. The Morgan fingerprint density at radius 3 is 2.71 bits per heavy atom. The predicted octanol–water partition coefficient (Wildman–Crippen LogP) is 3.02. The summed E-state index contributed by atoms with van der Waals surface area (Å²) < 4.78 is 4.86. The lowest BCUT2D eigenvalue weighted by Crippen LogP contribution is -2.41. The fourth-order valence-corrected chi connectivity index (χ4v) is 2.65. The predicted molar refractivity (Wildman–Crippen MR) is 85.2 cm³/mol. The van der Waals surface area contributed by atoms with Crippen LogP contribution in [0.3, 0.4) is 0 Å². The number of hydrogen-bond donors (Lipinski definition) is 2. The van der Waals surface area contributed by atoms with Gasteiger partial charge in [-0.05, 0) is 23.5 Å². The molecule has 0 bridgehead atoms. The van der Waals surface area contributed by atoms with E-state index in [-0.39, 0.29) is 17.9 Å². The molecule has 2 N–H and O–H groups in total. The van der Waals surface area contributed by atoms with E-state index in [0.717, 1.165) is 6.42 Å². The molecule has 2 rings (SSSR count). The van der Waals surface area contributed by atoms with Crippen LogP contribution >= 0.6 is 0 Å². The largest absolute Gasteiger partial charge is 0.468 e. The van der Waals surface area contributed by atoms with Gasteiger partial charge in [0.05, 0.1) is 7.11 Å². The minimum absolute atomic E-state index is 0.189. The number of rotatable bonds is 6. The van der Waals surface area contributed by atoms with E-state index in [0.29, 0.717) is 6.54 Å². The van der Waals surface area contributed by atoms with Gasteiger partial charge in [-0.2, -0.15) is 0 Å². The SMILES string of the molecule is CCc1cccc2c(CNC(C(=O)OC)C(C)C)c[nH]c12. The van der Waals surface area contributed by atoms with E-state index in [1.54, 1.807) is 0 Å². The van der Waals surface area contributed by atoms with Crippen molar-refractivity contribution in [2.75, 3.05) is 7.11 Å². The van der Waals surface area contributed by atoms with Crippen molar-refractivity contribution in [2.45, 2.75) is 39.8 Å². The van der Waals surface area contributed by atoms with Gasteiger partial charge in [0, 0.05) is 23.6 Å². The van der Waals surface area contributed by atoms with Crippen molar-refractivity contribution in [3.8, 4) is 0 Å². The van der Waals surface area contributed by atoms with Gasteiger partial charge < -0.3 is 9.72 Å². The third-order valence-corrected chi connectivity index (χ3v) is 3.90. The summed E-state index contributed by atoms with van der Waals surface area (Å²) in [5.74, 6) is -0.0204. The molecule has 0 aliphatic rings. The number of para-hydroxylation sites is 1. The number of ether oxygens (including phenoxy) is 1. The van der Waals surface area contributed by atoms with E-state index >= 15 is 0 Å². The fourth-order valence-electron chi connectivity index (χ4n) is 2.65. The van der Waals surface area contributed by atoms with Gasteiger partial charge in [-0.15, -0.1) is 0 Å². The van der Waals surface area contributed by atoms with Gasteiger partial charge in [0.25, 0.3) is 0 Å². The maximum Gasteiger partial charge on any atom is 0.323 e. The average Bonchev–Trinajstić information content (AvgIpc) is 2.90. The van der Waals surface area contributed by atoms with Crippen molar-refractivity contribution < 1.29 is 9.53 Å². The van der Waals surface area contributed by atoms with Crippen LogP contribution in [0, 0.1) is 5.92 Å². The van der Waals surface area contributed by atoms with Gasteiger partial charge in [-0.3, -0.25) is 10.1 Å². The van der Waals surface area contributed by atoms with E-state index in [4.69, 9.17) is 4.74 Å². The van der Waals surface area contributed by atoms with Crippen molar-refractivity contribution in [3.63, 3.8) is 0 Å². The lowest BCUT2D eigenvalue weighted by atomic mass is 10.0. The molecule has 1 heterocycles. The zero-order chi connectivity index (χ0) is 15.4. The number of esters is 1. The highest BCUT2D eigenvalue weighted by atomic mass is 16.5. The molecule has 0 saturated carbocycles. The van der Waals surface area contributed by atoms with Crippen LogP contribution in [-0.4, -0.2) is 24.1 Å². The van der Waals surface area contributed by atoms with Gasteiger partial charge >= 0.3 is 5.97 Å². The van der Waals surface area contributed by atoms with E-state index in [9.17, 15) is 4.79 Å². The molecule has 2 aromatic rings. The van der Waals surface area contributed by atoms with Crippen LogP contribution in [0.25, 0.3) is 10.9 Å². The van der Waals surface area contributed by atoms with Gasteiger partial charge in [-0.25, -0.2) is 0 Å². The van der Waals surface area contributed by atoms with E-state index < -0.39 is 0 Å². The molecule has 1 atom stereocenters. The molecule has 1 aromatic carbocycles. The Balaban J connectivity index is 2.18. The first-order valence-electron chi connectivity index (χ1n) is 7.47. The molecular weight excluding hydrogens is 264 g/mol. The van der Waals surface area contributed by atoms with Crippen molar-refractivity contribution in [1.82, 2.24) is 10.3 Å². The monoisotopic (exact) mass is 288 g/mol. The van der Waals surface area contributed by atoms with Gasteiger partial charge in [0.1, 0.15) is 6.04 Å². The highest BCUT2D eigenvalue weighted by molar-refractivity contribution is 5.86. The molecule has 0 aliphatic heterocycles. The molecule has 114 valence electrons. The molecule has 0 spiro atoms. The average molecular weight is 288 g/mol. The van der Waals surface area contributed by atoms with Crippen LogP contribution in [-0.2, 0) is 22.5 Å². The first-order valence-corrected chi connectivity index (χ1v) is 7.47. The number of nitrogens with one attached hydrogen (secondary N) is 2. The molecule has 0 fully saturated rings. The van der Waals surface area contributed by atoms with Crippen molar-refractivity contribution in [1.29, 1.82) is 0 Å². The normalized spacial score (nSPS) is 12.8. The molecule has 0 saturated heterocycles. The van der Waals surface area contributed by atoms with Crippen LogP contribution in [0.4, 0.5) is 0 Å². The Labute approximate surface area is 125 Å². The van der Waals surface area contributed by atoms with Crippen molar-refractivity contribution in [3.05, 3.63) is 35.5 Å². The second-order valence-electron chi connectivity index (χ2n) is 5.63. The molecule has 1 unspecified atom stereocenters. The Hall–Kier alpha value is -1.81. The highest BCUT2D eigenvalue weighted by Gasteiger charge is 2.22. The molecule has 4 nitrogen and oxygen atoms in total. The minimum Gasteiger partial charge on any atom is -0.468 e. The summed E-state index contributed by atoms with van der Waals surface area (Å²) in [6, 6.07) is 6.05. The van der Waals surface area contributed by atoms with Crippen LogP contribution in [0.1, 0.15) is 31.9 Å². The number of methoxy groups -OCH3 is 1. The standard InChI is InChI=1S/C17H24N2O2/c1-5-12-7-6-8-14-13(10-19-16(12)14)9-18-15(11(2)3)17(20)21-4/h6-8,10-11,15,18-19H,5,9H2,1-4H3. The third-order valence-electron chi connectivity index (χ3n) is 3.90. The zero-order valence-corrected chi connectivity index (χ0v) is 13.2. The molecule has 1 aromatic heterocycles. The van der Waals surface area contributed by atoms with Crippen LogP contribution in [0.15, 0.2) is 24.4 Å². The fraction of sp³-hybridized carbons (Fsp3) is 0.471. The third kappa shape index (κ3) is 3.27. The summed E-state index contributed by atoms with van der Waals surface area (Å²) in [7, 11) is 1.43. The smallest absolute Gasteiger partial charge is 0.323 e. The van der Waals surface area contributed by atoms with Crippen LogP contribution < -0.4 is 5.32 Å². The number of benzene rings is 1. The second-order valence-corrected chi connectivity index (χ2v) is 5.63. The lowest BCUT2D eigenvalue weighted by molar-refractivity contribution is -0.144. The van der Waals surface area contributed by atoms with E-state index in [1.165, 1.54) is 29.1 Å². The summed E-state index contributed by atoms with van der Waals surface area (Å²) in [6.07, 6.45) is 3.02. The van der Waals surface area contributed by atoms with Gasteiger partial charge in [0.15, 0.2) is 0 Å².